The van der Waals surface area contributed by atoms with Crippen LogP contribution in [0.1, 0.15) is 26.7 Å². The molecule has 0 nitrogen and oxygen atoms in total. The number of allylic oxidation sites excluding steroid dienone is 4. The summed E-state index contributed by atoms with van der Waals surface area (Å²) in [7, 11) is 9.71. The summed E-state index contributed by atoms with van der Waals surface area (Å²) in [6, 6.07) is 0. The summed E-state index contributed by atoms with van der Waals surface area (Å²) in [5.41, 5.74) is 2.30. The van der Waals surface area contributed by atoms with E-state index >= 15 is 0 Å². The van der Waals surface area contributed by atoms with Gasteiger partial charge >= 0.3 is 34.5 Å². The number of rotatable bonds is 3. The van der Waals surface area contributed by atoms with Crippen molar-refractivity contribution in [1.29, 1.82) is 0 Å². The van der Waals surface area contributed by atoms with Crippen LogP contribution in [0.15, 0.2) is 23.3 Å². The molecule has 0 aromatic heterocycles. The van der Waals surface area contributed by atoms with Crippen LogP contribution in [0.25, 0.3) is 0 Å². The van der Waals surface area contributed by atoms with Crippen molar-refractivity contribution in [2.45, 2.75) is 26.7 Å². The molecule has 0 spiro atoms. The number of unbranched alkanes of at least 4 members (excludes halogenated alkanes) is 1. The third kappa shape index (κ3) is 24.5. The van der Waals surface area contributed by atoms with Crippen molar-refractivity contribution in [3.8, 4) is 0 Å². The van der Waals surface area contributed by atoms with Crippen LogP contribution in [-0.2, 0) is 15.1 Å². The van der Waals surface area contributed by atoms with Crippen LogP contribution in [0.4, 0.5) is 0 Å². The third-order valence-corrected chi connectivity index (χ3v) is 1.15. The molecule has 13 heavy (non-hydrogen) atoms. The van der Waals surface area contributed by atoms with E-state index in [2.05, 4.69) is 26.0 Å². The molecule has 0 radical (unpaired) electrons. The Labute approximate surface area is 98.1 Å². The van der Waals surface area contributed by atoms with Gasteiger partial charge in [-0.25, -0.2) is 37.1 Å². The summed E-state index contributed by atoms with van der Waals surface area (Å²) >= 11 is -0.346. The molecule has 0 rings (SSSR count). The van der Waals surface area contributed by atoms with Crippen molar-refractivity contribution in [2.24, 2.45) is 0 Å². The van der Waals surface area contributed by atoms with E-state index in [1.165, 1.54) is 0 Å². The van der Waals surface area contributed by atoms with Gasteiger partial charge in [-0.15, -0.1) is 12.8 Å². The Bertz CT molecular complexity index is 136. The van der Waals surface area contributed by atoms with Gasteiger partial charge in [-0.3, -0.25) is 0 Å². The van der Waals surface area contributed by atoms with Gasteiger partial charge in [-0.1, -0.05) is 13.8 Å². The average Bonchev–Trinajstić information content (AvgIpc) is 1.99. The molecule has 0 heterocycles. The molecule has 0 aliphatic rings. The SMILES string of the molecule is [CH2-]/C(C)=C\CC/C=C(\[CH2-])C.[Cl][Ru+2][Cl]. The fraction of sp³-hybridized carbons (Fsp3) is 0.400. The maximum atomic E-state index is 4.85. The van der Waals surface area contributed by atoms with Crippen molar-refractivity contribution in [1.82, 2.24) is 0 Å². The second-order valence-electron chi connectivity index (χ2n) is 2.73. The summed E-state index contributed by atoms with van der Waals surface area (Å²) in [4.78, 5) is 0. The Kier molecular flexibility index (Phi) is 15.2. The number of halogens is 2. The third-order valence-electron chi connectivity index (χ3n) is 1.15. The zero-order valence-corrected chi connectivity index (χ0v) is 11.3. The molecular formula is C10H16Cl2Ru. The normalized spacial score (nSPS) is 12.0. The van der Waals surface area contributed by atoms with Crippen molar-refractivity contribution in [3.05, 3.63) is 37.1 Å². The van der Waals surface area contributed by atoms with Gasteiger partial charge in [0.05, 0.1) is 0 Å². The maximum absolute atomic E-state index is 4.85. The molecule has 78 valence electrons. The standard InChI is InChI=1S/C10H16.2ClH.Ru/c1-9(2)7-5-6-8-10(3)4;;;/h7-8H,1,3,5-6H2,2,4H3;2*1H;/q-2;;;+4/p-2/b9-7+,10-8+;;;. The monoisotopic (exact) mass is 308 g/mol. The van der Waals surface area contributed by atoms with Crippen LogP contribution < -0.4 is 0 Å². The Balaban J connectivity index is 0. The molecule has 0 aliphatic carbocycles. The molecule has 0 atom stereocenters. The molecule has 0 unspecified atom stereocenters. The molecule has 0 saturated carbocycles. The summed E-state index contributed by atoms with van der Waals surface area (Å²) < 4.78 is 0. The molecule has 0 saturated heterocycles. The van der Waals surface area contributed by atoms with E-state index in [1.807, 2.05) is 13.8 Å². The van der Waals surface area contributed by atoms with Crippen LogP contribution in [0.3, 0.4) is 0 Å². The van der Waals surface area contributed by atoms with Gasteiger partial charge in [-0.05, 0) is 0 Å². The summed E-state index contributed by atoms with van der Waals surface area (Å²) in [6.45, 7) is 11.6. The van der Waals surface area contributed by atoms with Crippen LogP contribution in [0, 0.1) is 13.8 Å². The van der Waals surface area contributed by atoms with E-state index < -0.39 is 0 Å². The Morgan fingerprint density at radius 1 is 1.08 bits per heavy atom. The zero-order chi connectivity index (χ0) is 10.7. The van der Waals surface area contributed by atoms with Crippen molar-refractivity contribution in [2.75, 3.05) is 0 Å². The number of hydrogen-bond donors (Lipinski definition) is 0. The average molecular weight is 308 g/mol. The van der Waals surface area contributed by atoms with Gasteiger partial charge in [0.2, 0.25) is 0 Å². The van der Waals surface area contributed by atoms with E-state index in [4.69, 9.17) is 19.4 Å². The molecule has 3 heteroatoms. The van der Waals surface area contributed by atoms with Crippen molar-refractivity contribution >= 4 is 19.4 Å². The molecule has 0 fully saturated rings. The van der Waals surface area contributed by atoms with E-state index in [9.17, 15) is 0 Å². The minimum absolute atomic E-state index is 0.346. The van der Waals surface area contributed by atoms with Crippen LogP contribution in [0.2, 0.25) is 0 Å². The molecule has 0 aromatic carbocycles. The summed E-state index contributed by atoms with van der Waals surface area (Å²) in [5, 5.41) is 0. The van der Waals surface area contributed by atoms with Gasteiger partial charge in [0, 0.05) is 0 Å². The van der Waals surface area contributed by atoms with Gasteiger partial charge in [0.25, 0.3) is 0 Å². The van der Waals surface area contributed by atoms with E-state index in [1.54, 1.807) is 0 Å². The first kappa shape index (κ1) is 15.9. The van der Waals surface area contributed by atoms with Crippen LogP contribution >= 0.6 is 19.4 Å². The van der Waals surface area contributed by atoms with E-state index in [-0.39, 0.29) is 15.1 Å². The fourth-order valence-corrected chi connectivity index (χ4v) is 0.659. The van der Waals surface area contributed by atoms with Gasteiger partial charge in [0.1, 0.15) is 0 Å². The van der Waals surface area contributed by atoms with Gasteiger partial charge in [0.15, 0.2) is 0 Å². The summed E-state index contributed by atoms with van der Waals surface area (Å²) in [5.74, 6) is 0. The molecule has 0 N–H and O–H groups in total. The Morgan fingerprint density at radius 3 is 1.46 bits per heavy atom. The first-order valence-corrected chi connectivity index (χ1v) is 8.34. The molecule has 0 bridgehead atoms. The predicted octanol–water partition coefficient (Wildman–Crippen LogP) is 4.70. The topological polar surface area (TPSA) is 0 Å². The second-order valence-corrected chi connectivity index (χ2v) is 5.37. The van der Waals surface area contributed by atoms with Gasteiger partial charge in [-0.2, -0.15) is 0 Å². The summed E-state index contributed by atoms with van der Waals surface area (Å²) in [6.07, 6.45) is 6.45. The van der Waals surface area contributed by atoms with E-state index in [0.717, 1.165) is 24.0 Å². The molecular weight excluding hydrogens is 292 g/mol. The molecule has 0 amide bonds. The van der Waals surface area contributed by atoms with Crippen LogP contribution in [0.5, 0.6) is 0 Å². The van der Waals surface area contributed by atoms with Crippen molar-refractivity contribution < 1.29 is 15.1 Å². The quantitative estimate of drug-likeness (QED) is 0.402. The van der Waals surface area contributed by atoms with Gasteiger partial charge < -0.3 is 0 Å². The predicted molar refractivity (Wildman–Crippen MR) is 59.2 cm³/mol. The first-order valence-electron chi connectivity index (χ1n) is 3.87. The second kappa shape index (κ2) is 12.4. The van der Waals surface area contributed by atoms with Crippen LogP contribution in [-0.4, -0.2) is 0 Å². The Morgan fingerprint density at radius 2 is 1.31 bits per heavy atom. The molecule has 0 aliphatic heterocycles. The molecule has 0 aromatic rings. The minimum atomic E-state index is -0.346. The van der Waals surface area contributed by atoms with E-state index in [0.29, 0.717) is 0 Å². The first-order chi connectivity index (χ1) is 6.04. The zero-order valence-electron chi connectivity index (χ0n) is 8.09. The fourth-order valence-electron chi connectivity index (χ4n) is 0.659. The van der Waals surface area contributed by atoms with Crippen molar-refractivity contribution in [3.63, 3.8) is 0 Å². The number of hydrogen-bond acceptors (Lipinski definition) is 0. The Hall–Kier alpha value is 0.423.